The standard InChI is InChI=1S/C20H25Cl2N3O2/c1-25(2,9-8-24-19(27)10-14-6-4-3-5-7-14)13-18(26)15-11-16(21)20(23)17(22)12-15/h3-7,11-12,18,26H,8-10,13,23H2,1-2H3/p+1. The van der Waals surface area contributed by atoms with Gasteiger partial charge in [-0.2, -0.15) is 0 Å². The third-order valence-corrected chi connectivity index (χ3v) is 5.03. The lowest BCUT2D eigenvalue weighted by atomic mass is 10.1. The van der Waals surface area contributed by atoms with Gasteiger partial charge in [0.1, 0.15) is 12.6 Å². The molecule has 0 saturated carbocycles. The quantitative estimate of drug-likeness (QED) is 0.462. The van der Waals surface area contributed by atoms with Crippen molar-refractivity contribution in [3.05, 3.63) is 63.6 Å². The van der Waals surface area contributed by atoms with Gasteiger partial charge in [0.2, 0.25) is 5.91 Å². The Bertz CT molecular complexity index is 759. The third-order valence-electron chi connectivity index (χ3n) is 4.40. The second-order valence-electron chi connectivity index (χ2n) is 7.27. The lowest BCUT2D eigenvalue weighted by Gasteiger charge is -2.32. The third kappa shape index (κ3) is 6.70. The average molecular weight is 411 g/mol. The molecule has 1 unspecified atom stereocenters. The second kappa shape index (κ2) is 9.42. The van der Waals surface area contributed by atoms with E-state index < -0.39 is 6.10 Å². The highest BCUT2D eigenvalue weighted by Crippen LogP contribution is 2.31. The fourth-order valence-electron chi connectivity index (χ4n) is 2.80. The Morgan fingerprint density at radius 2 is 1.78 bits per heavy atom. The van der Waals surface area contributed by atoms with Gasteiger partial charge in [0.05, 0.1) is 49.3 Å². The second-order valence-corrected chi connectivity index (χ2v) is 8.08. The number of nitrogen functional groups attached to an aromatic ring is 1. The van der Waals surface area contributed by atoms with Crippen LogP contribution >= 0.6 is 23.2 Å². The molecule has 0 fully saturated rings. The number of hydrogen-bond donors (Lipinski definition) is 3. The molecule has 2 aromatic carbocycles. The number of aliphatic hydroxyl groups is 1. The number of anilines is 1. The van der Waals surface area contributed by atoms with E-state index in [1.807, 2.05) is 44.4 Å². The fourth-order valence-corrected chi connectivity index (χ4v) is 3.31. The molecule has 2 aromatic rings. The van der Waals surface area contributed by atoms with Gasteiger partial charge in [-0.1, -0.05) is 53.5 Å². The summed E-state index contributed by atoms with van der Waals surface area (Å²) in [5.41, 5.74) is 7.65. The minimum absolute atomic E-state index is 0.0150. The number of aliphatic hydroxyl groups excluding tert-OH is 1. The number of halogens is 2. The lowest BCUT2D eigenvalue weighted by Crippen LogP contribution is -2.47. The summed E-state index contributed by atoms with van der Waals surface area (Å²) < 4.78 is 0.520. The SMILES string of the molecule is C[N+](C)(CCNC(=O)Cc1ccccc1)CC(O)c1cc(Cl)c(N)c(Cl)c1. The van der Waals surface area contributed by atoms with Gasteiger partial charge < -0.3 is 20.6 Å². The summed E-state index contributed by atoms with van der Waals surface area (Å²) in [7, 11) is 3.99. The smallest absolute Gasteiger partial charge is 0.224 e. The number of amides is 1. The van der Waals surface area contributed by atoms with Crippen molar-refractivity contribution in [1.29, 1.82) is 0 Å². The molecule has 0 aliphatic heterocycles. The molecule has 2 rings (SSSR count). The summed E-state index contributed by atoms with van der Waals surface area (Å²) in [5, 5.41) is 14.1. The van der Waals surface area contributed by atoms with Crippen LogP contribution in [0, 0.1) is 0 Å². The summed E-state index contributed by atoms with van der Waals surface area (Å²) in [5.74, 6) is -0.0150. The van der Waals surface area contributed by atoms with E-state index in [1.54, 1.807) is 12.1 Å². The van der Waals surface area contributed by atoms with Crippen LogP contribution in [0.25, 0.3) is 0 Å². The van der Waals surface area contributed by atoms with Crippen LogP contribution in [0.1, 0.15) is 17.2 Å². The van der Waals surface area contributed by atoms with Crippen LogP contribution in [0.4, 0.5) is 5.69 Å². The first-order valence-electron chi connectivity index (χ1n) is 8.73. The maximum absolute atomic E-state index is 12.0. The van der Waals surface area contributed by atoms with Gasteiger partial charge in [0.25, 0.3) is 0 Å². The van der Waals surface area contributed by atoms with Crippen molar-refractivity contribution in [2.75, 3.05) is 39.5 Å². The van der Waals surface area contributed by atoms with Gasteiger partial charge >= 0.3 is 0 Å². The van der Waals surface area contributed by atoms with Gasteiger partial charge in [0, 0.05) is 0 Å². The zero-order valence-electron chi connectivity index (χ0n) is 15.6. The molecule has 146 valence electrons. The minimum Gasteiger partial charge on any atom is -0.396 e. The Morgan fingerprint density at radius 1 is 1.19 bits per heavy atom. The maximum Gasteiger partial charge on any atom is 0.224 e. The van der Waals surface area contributed by atoms with E-state index >= 15 is 0 Å². The molecule has 0 aliphatic rings. The van der Waals surface area contributed by atoms with Crippen LogP contribution in [-0.2, 0) is 11.2 Å². The number of quaternary nitrogens is 1. The largest absolute Gasteiger partial charge is 0.396 e. The van der Waals surface area contributed by atoms with E-state index in [1.165, 1.54) is 0 Å². The normalized spacial score (nSPS) is 12.6. The van der Waals surface area contributed by atoms with Crippen LogP contribution in [0.15, 0.2) is 42.5 Å². The zero-order valence-corrected chi connectivity index (χ0v) is 17.1. The predicted octanol–water partition coefficient (Wildman–Crippen LogP) is 3.04. The van der Waals surface area contributed by atoms with Crippen molar-refractivity contribution >= 4 is 34.8 Å². The van der Waals surface area contributed by atoms with Crippen molar-refractivity contribution in [3.63, 3.8) is 0 Å². The summed E-state index contributed by atoms with van der Waals surface area (Å²) in [6.45, 7) is 1.65. The number of carbonyl (C=O) groups is 1. The Kier molecular flexibility index (Phi) is 7.50. The molecule has 4 N–H and O–H groups in total. The van der Waals surface area contributed by atoms with Gasteiger partial charge in [0.15, 0.2) is 0 Å². The molecular weight excluding hydrogens is 385 g/mol. The van der Waals surface area contributed by atoms with Gasteiger partial charge in [-0.3, -0.25) is 4.79 Å². The number of benzene rings is 2. The van der Waals surface area contributed by atoms with Crippen LogP contribution < -0.4 is 11.1 Å². The lowest BCUT2D eigenvalue weighted by molar-refractivity contribution is -0.892. The molecule has 0 spiro atoms. The summed E-state index contributed by atoms with van der Waals surface area (Å²) in [4.78, 5) is 12.0. The predicted molar refractivity (Wildman–Crippen MR) is 111 cm³/mol. The van der Waals surface area contributed by atoms with E-state index in [0.717, 1.165) is 5.56 Å². The first-order valence-corrected chi connectivity index (χ1v) is 9.48. The van der Waals surface area contributed by atoms with Crippen LogP contribution in [0.3, 0.4) is 0 Å². The average Bonchev–Trinajstić information content (AvgIpc) is 2.59. The minimum atomic E-state index is -0.740. The molecule has 0 aromatic heterocycles. The van der Waals surface area contributed by atoms with E-state index in [-0.39, 0.29) is 5.91 Å². The molecular formula is C20H26Cl2N3O2+. The van der Waals surface area contributed by atoms with Gasteiger partial charge in [-0.05, 0) is 23.3 Å². The summed E-state index contributed by atoms with van der Waals surface area (Å²) in [6.07, 6.45) is -0.380. The first kappa shape index (κ1) is 21.5. The molecule has 7 heteroatoms. The number of nitrogens with one attached hydrogen (secondary N) is 1. The highest BCUT2D eigenvalue weighted by atomic mass is 35.5. The number of likely N-dealkylation sites (N-methyl/N-ethyl adjacent to an activating group) is 1. The van der Waals surface area contributed by atoms with Crippen molar-refractivity contribution < 1.29 is 14.4 Å². The Hall–Kier alpha value is -1.79. The topological polar surface area (TPSA) is 75.3 Å². The first-order chi connectivity index (χ1) is 12.7. The number of rotatable bonds is 8. The Balaban J connectivity index is 1.84. The highest BCUT2D eigenvalue weighted by Gasteiger charge is 2.23. The molecule has 0 radical (unpaired) electrons. The number of nitrogens with two attached hydrogens (primary N) is 1. The Labute approximate surface area is 170 Å². The van der Waals surface area contributed by atoms with Crippen molar-refractivity contribution in [2.24, 2.45) is 0 Å². The van der Waals surface area contributed by atoms with E-state index in [0.29, 0.717) is 51.8 Å². The van der Waals surface area contributed by atoms with E-state index in [9.17, 15) is 9.90 Å². The summed E-state index contributed by atoms with van der Waals surface area (Å²) in [6, 6.07) is 12.9. The van der Waals surface area contributed by atoms with Crippen molar-refractivity contribution in [1.82, 2.24) is 5.32 Å². The maximum atomic E-state index is 12.0. The number of nitrogens with zero attached hydrogens (tertiary/aromatic N) is 1. The molecule has 27 heavy (non-hydrogen) atoms. The Morgan fingerprint density at radius 3 is 2.37 bits per heavy atom. The van der Waals surface area contributed by atoms with Crippen LogP contribution in [0.2, 0.25) is 10.0 Å². The van der Waals surface area contributed by atoms with Crippen LogP contribution in [-0.4, -0.2) is 49.2 Å². The van der Waals surface area contributed by atoms with E-state index in [2.05, 4.69) is 5.32 Å². The molecule has 1 amide bonds. The molecule has 0 saturated heterocycles. The van der Waals surface area contributed by atoms with Crippen molar-refractivity contribution in [2.45, 2.75) is 12.5 Å². The number of hydrogen-bond acceptors (Lipinski definition) is 3. The molecule has 0 bridgehead atoms. The van der Waals surface area contributed by atoms with E-state index in [4.69, 9.17) is 28.9 Å². The summed E-state index contributed by atoms with van der Waals surface area (Å²) >= 11 is 12.1. The highest BCUT2D eigenvalue weighted by molar-refractivity contribution is 6.38. The number of carbonyl (C=O) groups excluding carboxylic acids is 1. The molecule has 0 heterocycles. The fraction of sp³-hybridized carbons (Fsp3) is 0.350. The molecule has 5 nitrogen and oxygen atoms in total. The monoisotopic (exact) mass is 410 g/mol. The molecule has 1 atom stereocenters. The zero-order chi connectivity index (χ0) is 20.0. The van der Waals surface area contributed by atoms with Gasteiger partial charge in [-0.15, -0.1) is 0 Å². The van der Waals surface area contributed by atoms with Crippen molar-refractivity contribution in [3.8, 4) is 0 Å². The van der Waals surface area contributed by atoms with Crippen LogP contribution in [0.5, 0.6) is 0 Å². The molecule has 0 aliphatic carbocycles. The van der Waals surface area contributed by atoms with Gasteiger partial charge in [-0.25, -0.2) is 0 Å².